The van der Waals surface area contributed by atoms with Gasteiger partial charge < -0.3 is 25.3 Å². The monoisotopic (exact) mass is 667 g/mol. The molecule has 1 heterocycles. The molecule has 1 aliphatic rings. The SMILES string of the molecule is O=C(NC[C@H](NC(=O)c1c(Cl)cc(-n2cnc(-c3ccccc3)c2)cc1Cl)C(=O)OCc1ccccc1)N[C@@H]1CCc2ccccc21. The van der Waals surface area contributed by atoms with Crippen molar-refractivity contribution in [1.82, 2.24) is 25.5 Å². The van der Waals surface area contributed by atoms with E-state index in [0.717, 1.165) is 35.2 Å². The number of hydrogen-bond donors (Lipinski definition) is 3. The molecule has 11 heteroatoms. The molecular weight excluding hydrogens is 637 g/mol. The van der Waals surface area contributed by atoms with Gasteiger partial charge in [-0.1, -0.05) is 108 Å². The second-order valence-corrected chi connectivity index (χ2v) is 11.9. The summed E-state index contributed by atoms with van der Waals surface area (Å²) < 4.78 is 7.26. The van der Waals surface area contributed by atoms with Crippen LogP contribution in [0.2, 0.25) is 10.0 Å². The number of ether oxygens (including phenoxy) is 1. The molecule has 5 aromatic rings. The van der Waals surface area contributed by atoms with Gasteiger partial charge in [0.1, 0.15) is 12.6 Å². The third-order valence-electron chi connectivity index (χ3n) is 7.92. The van der Waals surface area contributed by atoms with Crippen molar-refractivity contribution in [3.8, 4) is 16.9 Å². The first-order valence-electron chi connectivity index (χ1n) is 15.1. The van der Waals surface area contributed by atoms with Crippen molar-refractivity contribution in [2.75, 3.05) is 6.54 Å². The average Bonchev–Trinajstić information content (AvgIpc) is 3.74. The molecule has 1 aromatic heterocycles. The Morgan fingerprint density at radius 2 is 1.60 bits per heavy atom. The van der Waals surface area contributed by atoms with E-state index in [9.17, 15) is 14.4 Å². The highest BCUT2D eigenvalue weighted by Crippen LogP contribution is 2.31. The number of nitrogens with zero attached hydrogens (tertiary/aromatic N) is 2. The number of hydrogen-bond acceptors (Lipinski definition) is 5. The zero-order valence-electron chi connectivity index (χ0n) is 25.2. The van der Waals surface area contributed by atoms with E-state index in [4.69, 9.17) is 27.9 Å². The molecule has 0 fully saturated rings. The van der Waals surface area contributed by atoms with Gasteiger partial charge in [-0.05, 0) is 41.7 Å². The largest absolute Gasteiger partial charge is 0.459 e. The average molecular weight is 669 g/mol. The summed E-state index contributed by atoms with van der Waals surface area (Å²) in [5, 5.41) is 8.47. The number of imidazole rings is 1. The first-order chi connectivity index (χ1) is 22.9. The van der Waals surface area contributed by atoms with Gasteiger partial charge in [-0.15, -0.1) is 0 Å². The van der Waals surface area contributed by atoms with Crippen LogP contribution in [0.25, 0.3) is 16.9 Å². The van der Waals surface area contributed by atoms with Crippen LogP contribution in [0.3, 0.4) is 0 Å². The van der Waals surface area contributed by atoms with Crippen molar-refractivity contribution >= 4 is 41.1 Å². The third kappa shape index (κ3) is 7.65. The normalized spacial score (nSPS) is 14.1. The summed E-state index contributed by atoms with van der Waals surface area (Å²) in [6.07, 6.45) is 5.09. The molecule has 3 amide bonds. The maximum Gasteiger partial charge on any atom is 0.330 e. The smallest absolute Gasteiger partial charge is 0.330 e. The van der Waals surface area contributed by atoms with E-state index in [-0.39, 0.29) is 34.8 Å². The number of carbonyl (C=O) groups excluding carboxylic acids is 3. The molecule has 0 bridgehead atoms. The highest BCUT2D eigenvalue weighted by atomic mass is 35.5. The maximum atomic E-state index is 13.5. The van der Waals surface area contributed by atoms with Crippen LogP contribution in [0.4, 0.5) is 4.79 Å². The molecule has 47 heavy (non-hydrogen) atoms. The van der Waals surface area contributed by atoms with E-state index < -0.39 is 23.9 Å². The number of nitrogens with one attached hydrogen (secondary N) is 3. The fourth-order valence-corrected chi connectivity index (χ4v) is 6.16. The van der Waals surface area contributed by atoms with E-state index in [1.807, 2.05) is 91.1 Å². The molecular formula is C36H31Cl2N5O4. The fourth-order valence-electron chi connectivity index (χ4n) is 5.51. The third-order valence-corrected chi connectivity index (χ3v) is 8.52. The summed E-state index contributed by atoms with van der Waals surface area (Å²) in [7, 11) is 0. The van der Waals surface area contributed by atoms with Crippen molar-refractivity contribution in [2.24, 2.45) is 0 Å². The van der Waals surface area contributed by atoms with Crippen LogP contribution in [0, 0.1) is 0 Å². The number of aryl methyl sites for hydroxylation is 1. The first-order valence-corrected chi connectivity index (χ1v) is 15.8. The summed E-state index contributed by atoms with van der Waals surface area (Å²) in [5.74, 6) is -1.43. The van der Waals surface area contributed by atoms with E-state index >= 15 is 0 Å². The lowest BCUT2D eigenvalue weighted by Crippen LogP contribution is -2.51. The zero-order chi connectivity index (χ0) is 32.8. The predicted octanol–water partition coefficient (Wildman–Crippen LogP) is 6.67. The number of fused-ring (bicyclic) bond motifs is 1. The lowest BCUT2D eigenvalue weighted by atomic mass is 10.1. The minimum absolute atomic E-state index is 0.0107. The van der Waals surface area contributed by atoms with Gasteiger partial charge in [-0.2, -0.15) is 0 Å². The summed E-state index contributed by atoms with van der Waals surface area (Å²) in [5.41, 5.74) is 5.30. The van der Waals surface area contributed by atoms with Crippen molar-refractivity contribution < 1.29 is 19.1 Å². The number of aromatic nitrogens is 2. The topological polar surface area (TPSA) is 114 Å². The number of urea groups is 1. The molecule has 9 nitrogen and oxygen atoms in total. The Morgan fingerprint density at radius 3 is 2.34 bits per heavy atom. The zero-order valence-corrected chi connectivity index (χ0v) is 26.7. The molecule has 2 atom stereocenters. The Balaban J connectivity index is 1.16. The Hall–Kier alpha value is -5.12. The minimum Gasteiger partial charge on any atom is -0.459 e. The maximum absolute atomic E-state index is 13.5. The number of amides is 3. The van der Waals surface area contributed by atoms with Crippen LogP contribution >= 0.6 is 23.2 Å². The standard InChI is InChI=1S/C36H31Cl2N5O4/c37-28-17-26(43-20-32(40-22-43)25-12-5-2-6-13-25)18-29(38)33(28)34(44)41-31(35(45)47-21-23-9-3-1-4-10-23)19-39-36(46)42-30-16-15-24-11-7-8-14-27(24)30/h1-14,17-18,20,22,30-31H,15-16,19,21H2,(H,41,44)(H2,39,42,46)/t30-,31+/m1/s1. The number of esters is 1. The van der Waals surface area contributed by atoms with Gasteiger partial charge in [0.15, 0.2) is 0 Å². The molecule has 0 radical (unpaired) electrons. The predicted molar refractivity (Wildman–Crippen MR) is 181 cm³/mol. The van der Waals surface area contributed by atoms with E-state index in [0.29, 0.717) is 5.69 Å². The Morgan fingerprint density at radius 1 is 0.915 bits per heavy atom. The molecule has 1 aliphatic carbocycles. The summed E-state index contributed by atoms with van der Waals surface area (Å²) >= 11 is 13.2. The molecule has 238 valence electrons. The van der Waals surface area contributed by atoms with Gasteiger partial charge in [0.2, 0.25) is 0 Å². The van der Waals surface area contributed by atoms with E-state index in [1.54, 1.807) is 23.0 Å². The van der Waals surface area contributed by atoms with Crippen LogP contribution in [0.5, 0.6) is 0 Å². The van der Waals surface area contributed by atoms with Crippen molar-refractivity contribution in [2.45, 2.75) is 31.5 Å². The van der Waals surface area contributed by atoms with E-state index in [1.165, 1.54) is 5.56 Å². The highest BCUT2D eigenvalue weighted by Gasteiger charge is 2.28. The van der Waals surface area contributed by atoms with Crippen LogP contribution in [0.1, 0.15) is 39.5 Å². The van der Waals surface area contributed by atoms with Crippen LogP contribution < -0.4 is 16.0 Å². The molecule has 6 rings (SSSR count). The number of carbonyl (C=O) groups is 3. The second-order valence-electron chi connectivity index (χ2n) is 11.1. The lowest BCUT2D eigenvalue weighted by molar-refractivity contribution is -0.147. The van der Waals surface area contributed by atoms with Crippen molar-refractivity contribution in [1.29, 1.82) is 0 Å². The summed E-state index contributed by atoms with van der Waals surface area (Å²) in [6, 6.07) is 28.1. The van der Waals surface area contributed by atoms with Gasteiger partial charge >= 0.3 is 12.0 Å². The van der Waals surface area contributed by atoms with Crippen LogP contribution in [-0.2, 0) is 22.6 Å². The number of benzene rings is 4. The summed E-state index contributed by atoms with van der Waals surface area (Å²) in [6.45, 7) is -0.243. The molecule has 0 unspecified atom stereocenters. The molecule has 0 aliphatic heterocycles. The minimum atomic E-state index is -1.23. The fraction of sp³-hybridized carbons (Fsp3) is 0.167. The van der Waals surface area contributed by atoms with Crippen molar-refractivity contribution in [3.05, 3.63) is 142 Å². The van der Waals surface area contributed by atoms with Crippen molar-refractivity contribution in [3.63, 3.8) is 0 Å². The van der Waals surface area contributed by atoms with Gasteiger partial charge in [0.25, 0.3) is 5.91 Å². The second kappa shape index (κ2) is 14.5. The number of rotatable bonds is 10. The van der Waals surface area contributed by atoms with E-state index in [2.05, 4.69) is 20.9 Å². The first kappa shape index (κ1) is 31.8. The summed E-state index contributed by atoms with van der Waals surface area (Å²) in [4.78, 5) is 44.2. The lowest BCUT2D eigenvalue weighted by Gasteiger charge is -2.21. The Bertz CT molecular complexity index is 1880. The molecule has 3 N–H and O–H groups in total. The molecule has 0 saturated heterocycles. The Labute approximate surface area is 281 Å². The highest BCUT2D eigenvalue weighted by molar-refractivity contribution is 6.40. The molecule has 0 spiro atoms. The number of halogens is 2. The van der Waals surface area contributed by atoms with Gasteiger partial charge in [-0.3, -0.25) is 4.79 Å². The van der Waals surface area contributed by atoms with Crippen LogP contribution in [0.15, 0.2) is 110 Å². The van der Waals surface area contributed by atoms with Gasteiger partial charge in [0, 0.05) is 17.4 Å². The van der Waals surface area contributed by atoms with Crippen LogP contribution in [-0.4, -0.2) is 40.0 Å². The quantitative estimate of drug-likeness (QED) is 0.144. The molecule has 0 saturated carbocycles. The van der Waals surface area contributed by atoms with Gasteiger partial charge in [0.05, 0.1) is 40.2 Å². The van der Waals surface area contributed by atoms with Gasteiger partial charge in [-0.25, -0.2) is 14.6 Å². The Kier molecular flexibility index (Phi) is 9.85. The molecule has 4 aromatic carbocycles.